The molecule has 2 rings (SSSR count). The van der Waals surface area contributed by atoms with Gasteiger partial charge in [-0.15, -0.1) is 11.3 Å². The molecule has 1 heterocycles. The van der Waals surface area contributed by atoms with E-state index in [4.69, 9.17) is 11.5 Å². The average Bonchev–Trinajstić information content (AvgIpc) is 2.53. The Hall–Kier alpha value is -2.08. The monoisotopic (exact) mass is 235 g/mol. The summed E-state index contributed by atoms with van der Waals surface area (Å²) in [4.78, 5) is 22.1. The van der Waals surface area contributed by atoms with Gasteiger partial charge in [0.25, 0.3) is 5.91 Å². The van der Waals surface area contributed by atoms with E-state index in [1.54, 1.807) is 12.1 Å². The van der Waals surface area contributed by atoms with E-state index in [1.165, 1.54) is 11.3 Å². The highest BCUT2D eigenvalue weighted by atomic mass is 32.1. The Morgan fingerprint density at radius 2 is 1.88 bits per heavy atom. The summed E-state index contributed by atoms with van der Waals surface area (Å²) in [6, 6.07) is 6.55. The third-order valence-corrected chi connectivity index (χ3v) is 3.16. The average molecular weight is 235 g/mol. The van der Waals surface area contributed by atoms with Gasteiger partial charge in [-0.05, 0) is 6.07 Å². The van der Waals surface area contributed by atoms with Crippen molar-refractivity contribution in [1.82, 2.24) is 0 Å². The van der Waals surface area contributed by atoms with Crippen LogP contribution in [-0.2, 0) is 0 Å². The minimum absolute atomic E-state index is 0.305. The van der Waals surface area contributed by atoms with E-state index >= 15 is 0 Å². The molecule has 0 saturated heterocycles. The van der Waals surface area contributed by atoms with Gasteiger partial charge in [0.1, 0.15) is 5.00 Å². The zero-order valence-electron chi connectivity index (χ0n) is 8.19. The van der Waals surface area contributed by atoms with Crippen LogP contribution in [0.15, 0.2) is 24.3 Å². The molecular formula is C10H9N3O2S. The predicted octanol–water partition coefficient (Wildman–Crippen LogP) is 1.49. The molecule has 1 aromatic heterocycles. The number of carbonyl (C=O) groups excluding carboxylic acids is 2. The van der Waals surface area contributed by atoms with Crippen molar-refractivity contribution in [2.75, 3.05) is 5.32 Å². The van der Waals surface area contributed by atoms with E-state index < -0.39 is 11.9 Å². The number of anilines is 1. The lowest BCUT2D eigenvalue weighted by Gasteiger charge is -1.99. The molecule has 0 aliphatic heterocycles. The Morgan fingerprint density at radius 3 is 2.50 bits per heavy atom. The molecule has 0 aliphatic carbocycles. The van der Waals surface area contributed by atoms with Gasteiger partial charge in [-0.25, -0.2) is 4.79 Å². The van der Waals surface area contributed by atoms with Gasteiger partial charge in [0.15, 0.2) is 0 Å². The largest absolute Gasteiger partial charge is 0.365 e. The summed E-state index contributed by atoms with van der Waals surface area (Å²) in [7, 11) is 0. The molecule has 0 unspecified atom stereocenters. The van der Waals surface area contributed by atoms with Crippen molar-refractivity contribution in [3.63, 3.8) is 0 Å². The van der Waals surface area contributed by atoms with Crippen molar-refractivity contribution in [2.24, 2.45) is 11.5 Å². The van der Waals surface area contributed by atoms with Crippen LogP contribution < -0.4 is 16.8 Å². The summed E-state index contributed by atoms with van der Waals surface area (Å²) in [6.45, 7) is 0. The molecule has 0 aliphatic rings. The number of carbonyl (C=O) groups is 2. The Balaban J connectivity index is 2.68. The van der Waals surface area contributed by atoms with Crippen LogP contribution in [0.3, 0.4) is 0 Å². The number of urea groups is 1. The van der Waals surface area contributed by atoms with E-state index in [2.05, 4.69) is 5.32 Å². The number of nitrogens with one attached hydrogen (secondary N) is 1. The highest BCUT2D eigenvalue weighted by Gasteiger charge is 2.17. The van der Waals surface area contributed by atoms with Crippen LogP contribution in [0.25, 0.3) is 10.1 Å². The van der Waals surface area contributed by atoms with Crippen molar-refractivity contribution in [3.8, 4) is 0 Å². The zero-order valence-corrected chi connectivity index (χ0v) is 9.01. The standard InChI is InChI=1S/C10H9N3O2S/c11-8(14)7-5-3-1-2-4-6(5)16-9(7)13-10(12)15/h1-4H,(H2,11,14)(H3,12,13,15). The Bertz CT molecular complexity index is 576. The van der Waals surface area contributed by atoms with E-state index in [9.17, 15) is 9.59 Å². The number of hydrogen-bond donors (Lipinski definition) is 3. The lowest BCUT2D eigenvalue weighted by atomic mass is 10.1. The summed E-state index contributed by atoms with van der Waals surface area (Å²) < 4.78 is 0.875. The van der Waals surface area contributed by atoms with Gasteiger partial charge in [-0.3, -0.25) is 10.1 Å². The molecule has 1 aromatic carbocycles. The summed E-state index contributed by atoms with van der Waals surface area (Å²) in [5.41, 5.74) is 10.6. The van der Waals surface area contributed by atoms with Gasteiger partial charge < -0.3 is 11.5 Å². The first kappa shape index (κ1) is 10.4. The minimum atomic E-state index is -0.714. The van der Waals surface area contributed by atoms with Crippen molar-refractivity contribution in [2.45, 2.75) is 0 Å². The van der Waals surface area contributed by atoms with Crippen LogP contribution in [0, 0.1) is 0 Å². The van der Waals surface area contributed by atoms with E-state index in [-0.39, 0.29) is 0 Å². The molecule has 2 aromatic rings. The maximum Gasteiger partial charge on any atom is 0.317 e. The molecule has 0 radical (unpaired) electrons. The third kappa shape index (κ3) is 1.70. The smallest absolute Gasteiger partial charge is 0.317 e. The second-order valence-corrected chi connectivity index (χ2v) is 4.21. The molecule has 5 N–H and O–H groups in total. The van der Waals surface area contributed by atoms with E-state index in [0.717, 1.165) is 10.1 Å². The van der Waals surface area contributed by atoms with Crippen LogP contribution in [0.4, 0.5) is 9.80 Å². The summed E-state index contributed by atoms with van der Waals surface area (Å²) in [5.74, 6) is -0.582. The van der Waals surface area contributed by atoms with Gasteiger partial charge in [0, 0.05) is 10.1 Å². The molecule has 0 spiro atoms. The van der Waals surface area contributed by atoms with Crippen molar-refractivity contribution < 1.29 is 9.59 Å². The molecule has 3 amide bonds. The van der Waals surface area contributed by atoms with Gasteiger partial charge in [0.2, 0.25) is 0 Å². The summed E-state index contributed by atoms with van der Waals surface area (Å²) >= 11 is 1.27. The maximum absolute atomic E-state index is 11.3. The Morgan fingerprint density at radius 1 is 1.19 bits per heavy atom. The molecule has 0 bridgehead atoms. The molecule has 16 heavy (non-hydrogen) atoms. The summed E-state index contributed by atoms with van der Waals surface area (Å²) in [5, 5.41) is 3.52. The zero-order chi connectivity index (χ0) is 11.7. The number of benzene rings is 1. The first-order valence-electron chi connectivity index (χ1n) is 4.47. The third-order valence-electron chi connectivity index (χ3n) is 2.08. The van der Waals surface area contributed by atoms with Crippen molar-refractivity contribution >= 4 is 38.4 Å². The molecule has 0 fully saturated rings. The first-order chi connectivity index (χ1) is 7.59. The van der Waals surface area contributed by atoms with Crippen LogP contribution in [0.5, 0.6) is 0 Å². The fraction of sp³-hybridized carbons (Fsp3) is 0. The maximum atomic E-state index is 11.3. The van der Waals surface area contributed by atoms with Crippen LogP contribution in [0.1, 0.15) is 10.4 Å². The lowest BCUT2D eigenvalue weighted by molar-refractivity contribution is 0.100. The van der Waals surface area contributed by atoms with Crippen molar-refractivity contribution in [1.29, 1.82) is 0 Å². The normalized spacial score (nSPS) is 10.2. The molecular weight excluding hydrogens is 226 g/mol. The summed E-state index contributed by atoms with van der Waals surface area (Å²) in [6.07, 6.45) is 0. The van der Waals surface area contributed by atoms with E-state index in [1.807, 2.05) is 12.1 Å². The van der Waals surface area contributed by atoms with Gasteiger partial charge in [-0.1, -0.05) is 18.2 Å². The second kappa shape index (κ2) is 3.82. The van der Waals surface area contributed by atoms with Gasteiger partial charge in [0.05, 0.1) is 5.56 Å². The Kier molecular flexibility index (Phi) is 2.49. The lowest BCUT2D eigenvalue weighted by Crippen LogP contribution is -2.21. The molecule has 5 nitrogen and oxygen atoms in total. The molecule has 0 atom stereocenters. The SMILES string of the molecule is NC(=O)Nc1sc2ccccc2c1C(N)=O. The number of primary amides is 2. The fourth-order valence-corrected chi connectivity index (χ4v) is 2.60. The molecule has 0 saturated carbocycles. The number of hydrogen-bond acceptors (Lipinski definition) is 3. The molecule has 6 heteroatoms. The Labute approximate surface area is 95.0 Å². The second-order valence-electron chi connectivity index (χ2n) is 3.16. The van der Waals surface area contributed by atoms with Gasteiger partial charge in [-0.2, -0.15) is 0 Å². The highest BCUT2D eigenvalue weighted by Crippen LogP contribution is 2.35. The van der Waals surface area contributed by atoms with Gasteiger partial charge >= 0.3 is 6.03 Å². The molecule has 82 valence electrons. The predicted molar refractivity (Wildman–Crippen MR) is 63.5 cm³/mol. The number of thiophene rings is 1. The number of fused-ring (bicyclic) bond motifs is 1. The van der Waals surface area contributed by atoms with Crippen LogP contribution in [0.2, 0.25) is 0 Å². The topological polar surface area (TPSA) is 98.2 Å². The number of rotatable bonds is 2. The first-order valence-corrected chi connectivity index (χ1v) is 5.29. The van der Waals surface area contributed by atoms with Crippen molar-refractivity contribution in [3.05, 3.63) is 29.8 Å². The fourth-order valence-electron chi connectivity index (χ4n) is 1.49. The minimum Gasteiger partial charge on any atom is -0.365 e. The quantitative estimate of drug-likeness (QED) is 0.734. The number of amides is 3. The van der Waals surface area contributed by atoms with Crippen LogP contribution >= 0.6 is 11.3 Å². The van der Waals surface area contributed by atoms with E-state index in [0.29, 0.717) is 10.6 Å². The van der Waals surface area contributed by atoms with Crippen LogP contribution in [-0.4, -0.2) is 11.9 Å². The highest BCUT2D eigenvalue weighted by molar-refractivity contribution is 7.23. The number of nitrogens with two attached hydrogens (primary N) is 2.